The van der Waals surface area contributed by atoms with Crippen LogP contribution in [0.1, 0.15) is 36.5 Å². The Morgan fingerprint density at radius 3 is 2.52 bits per heavy atom. The molecule has 0 bridgehead atoms. The Morgan fingerprint density at radius 2 is 2.00 bits per heavy atom. The molecule has 0 aliphatic carbocycles. The minimum Gasteiger partial charge on any atom is -0.342 e. The first-order valence-electron chi connectivity index (χ1n) is 6.45. The van der Waals surface area contributed by atoms with E-state index >= 15 is 0 Å². The fraction of sp³-hybridized carbons (Fsp3) is 0.462. The van der Waals surface area contributed by atoms with E-state index in [4.69, 9.17) is 5.14 Å². The summed E-state index contributed by atoms with van der Waals surface area (Å²) < 4.78 is 36.5. The Kier molecular flexibility index (Phi) is 6.30. The molecule has 118 valence electrons. The predicted octanol–water partition coefficient (Wildman–Crippen LogP) is 2.50. The largest absolute Gasteiger partial charge is 0.342 e. The third-order valence-corrected chi connectivity index (χ3v) is 4.58. The molecule has 21 heavy (non-hydrogen) atoms. The van der Waals surface area contributed by atoms with Crippen LogP contribution in [0.15, 0.2) is 21.5 Å². The molecule has 1 aromatic carbocycles. The number of primary sulfonamides is 1. The molecule has 0 saturated carbocycles. The van der Waals surface area contributed by atoms with Crippen LogP contribution < -0.4 is 5.14 Å². The fourth-order valence-electron chi connectivity index (χ4n) is 1.82. The van der Waals surface area contributed by atoms with Crippen LogP contribution in [0.4, 0.5) is 4.39 Å². The second-order valence-corrected chi connectivity index (χ2v) is 7.13. The molecule has 0 heterocycles. The maximum Gasteiger partial charge on any atom is 0.254 e. The highest BCUT2D eigenvalue weighted by Crippen LogP contribution is 2.25. The Bertz CT molecular complexity index is 635. The van der Waals surface area contributed by atoms with Gasteiger partial charge in [0, 0.05) is 18.1 Å². The molecular formula is C13H18BrFN2O3S. The smallest absolute Gasteiger partial charge is 0.254 e. The van der Waals surface area contributed by atoms with E-state index in [0.717, 1.165) is 31.4 Å². The summed E-state index contributed by atoms with van der Waals surface area (Å²) >= 11 is 3.08. The number of halogens is 2. The van der Waals surface area contributed by atoms with Crippen LogP contribution in [0, 0.1) is 5.82 Å². The van der Waals surface area contributed by atoms with Gasteiger partial charge < -0.3 is 4.90 Å². The summed E-state index contributed by atoms with van der Waals surface area (Å²) in [5.41, 5.74) is 0.0689. The lowest BCUT2D eigenvalue weighted by molar-refractivity contribution is 0.0791. The number of hydrogen-bond donors (Lipinski definition) is 1. The molecule has 0 atom stereocenters. The Labute approximate surface area is 132 Å². The summed E-state index contributed by atoms with van der Waals surface area (Å²) in [4.78, 5) is 13.1. The summed E-state index contributed by atoms with van der Waals surface area (Å²) in [6.45, 7) is 2.60. The van der Waals surface area contributed by atoms with Crippen molar-refractivity contribution in [1.29, 1.82) is 0 Å². The van der Waals surface area contributed by atoms with Crippen molar-refractivity contribution in [2.24, 2.45) is 5.14 Å². The van der Waals surface area contributed by atoms with E-state index in [9.17, 15) is 17.6 Å². The minimum absolute atomic E-state index is 0.0689. The van der Waals surface area contributed by atoms with E-state index in [-0.39, 0.29) is 15.9 Å². The first-order chi connectivity index (χ1) is 9.68. The molecule has 0 fully saturated rings. The van der Waals surface area contributed by atoms with Crippen molar-refractivity contribution in [2.75, 3.05) is 13.6 Å². The van der Waals surface area contributed by atoms with Gasteiger partial charge in [0.15, 0.2) is 0 Å². The van der Waals surface area contributed by atoms with Crippen LogP contribution in [0.2, 0.25) is 0 Å². The van der Waals surface area contributed by atoms with Gasteiger partial charge in [-0.15, -0.1) is 0 Å². The number of unbranched alkanes of at least 4 members (excludes halogenated alkanes) is 2. The molecule has 0 aliphatic rings. The Balaban J connectivity index is 3.10. The van der Waals surface area contributed by atoms with Crippen molar-refractivity contribution in [2.45, 2.75) is 31.1 Å². The summed E-state index contributed by atoms with van der Waals surface area (Å²) in [6, 6.07) is 1.90. The van der Waals surface area contributed by atoms with E-state index in [0.29, 0.717) is 6.54 Å². The van der Waals surface area contributed by atoms with Gasteiger partial charge in [0.2, 0.25) is 10.0 Å². The molecular weight excluding hydrogens is 363 g/mol. The number of nitrogens with zero attached hydrogens (tertiary/aromatic N) is 1. The maximum atomic E-state index is 13.6. The van der Waals surface area contributed by atoms with E-state index in [1.165, 1.54) is 4.90 Å². The molecule has 5 nitrogen and oxygen atoms in total. The highest BCUT2D eigenvalue weighted by molar-refractivity contribution is 9.10. The van der Waals surface area contributed by atoms with Crippen LogP contribution in [0.3, 0.4) is 0 Å². The number of hydrogen-bond acceptors (Lipinski definition) is 3. The minimum atomic E-state index is -4.22. The number of benzene rings is 1. The normalized spacial score (nSPS) is 11.5. The first-order valence-corrected chi connectivity index (χ1v) is 8.79. The maximum absolute atomic E-state index is 13.6. The molecule has 1 aromatic rings. The number of carbonyl (C=O) groups excluding carboxylic acids is 1. The zero-order valence-electron chi connectivity index (χ0n) is 11.9. The third-order valence-electron chi connectivity index (χ3n) is 3.00. The van der Waals surface area contributed by atoms with Gasteiger partial charge in [-0.25, -0.2) is 17.9 Å². The van der Waals surface area contributed by atoms with Gasteiger partial charge >= 0.3 is 0 Å². The van der Waals surface area contributed by atoms with E-state index in [2.05, 4.69) is 22.9 Å². The van der Waals surface area contributed by atoms with Crippen LogP contribution in [-0.4, -0.2) is 32.8 Å². The molecule has 0 aliphatic heterocycles. The zero-order chi connectivity index (χ0) is 16.2. The van der Waals surface area contributed by atoms with Crippen LogP contribution in [0.25, 0.3) is 0 Å². The van der Waals surface area contributed by atoms with E-state index < -0.39 is 20.7 Å². The van der Waals surface area contributed by atoms with Crippen LogP contribution >= 0.6 is 15.9 Å². The second-order valence-electron chi connectivity index (χ2n) is 4.74. The quantitative estimate of drug-likeness (QED) is 0.769. The van der Waals surface area contributed by atoms with Crippen LogP contribution in [-0.2, 0) is 10.0 Å². The Morgan fingerprint density at radius 1 is 1.38 bits per heavy atom. The average Bonchev–Trinajstić information content (AvgIpc) is 2.36. The molecule has 2 N–H and O–H groups in total. The van der Waals surface area contributed by atoms with Crippen molar-refractivity contribution in [3.8, 4) is 0 Å². The summed E-state index contributed by atoms with van der Waals surface area (Å²) in [7, 11) is -2.60. The SMILES string of the molecule is CCCCCN(C)C(=O)c1cc(S(N)(=O)=O)c(F)cc1Br. The van der Waals surface area contributed by atoms with Crippen molar-refractivity contribution in [1.82, 2.24) is 4.90 Å². The molecule has 1 amide bonds. The van der Waals surface area contributed by atoms with Crippen molar-refractivity contribution < 1.29 is 17.6 Å². The number of carbonyl (C=O) groups is 1. The van der Waals surface area contributed by atoms with Gasteiger partial charge in [-0.3, -0.25) is 4.79 Å². The van der Waals surface area contributed by atoms with Crippen LogP contribution in [0.5, 0.6) is 0 Å². The van der Waals surface area contributed by atoms with Crippen molar-refractivity contribution in [3.05, 3.63) is 28.0 Å². The highest BCUT2D eigenvalue weighted by atomic mass is 79.9. The summed E-state index contributed by atoms with van der Waals surface area (Å²) in [6.07, 6.45) is 2.86. The molecule has 0 spiro atoms. The molecule has 1 rings (SSSR count). The van der Waals surface area contributed by atoms with Gasteiger partial charge in [-0.1, -0.05) is 19.8 Å². The first kappa shape index (κ1) is 18.1. The third kappa shape index (κ3) is 4.76. The Hall–Kier alpha value is -0.990. The number of amides is 1. The number of nitrogens with two attached hydrogens (primary N) is 1. The molecule has 0 unspecified atom stereocenters. The van der Waals surface area contributed by atoms with Gasteiger partial charge in [-0.2, -0.15) is 0 Å². The zero-order valence-corrected chi connectivity index (χ0v) is 14.3. The van der Waals surface area contributed by atoms with E-state index in [1.54, 1.807) is 7.05 Å². The molecule has 0 aromatic heterocycles. The van der Waals surface area contributed by atoms with Gasteiger partial charge in [0.1, 0.15) is 10.7 Å². The molecule has 8 heteroatoms. The fourth-order valence-corrected chi connectivity index (χ4v) is 2.92. The molecule has 0 radical (unpaired) electrons. The number of sulfonamides is 1. The topological polar surface area (TPSA) is 80.5 Å². The van der Waals surface area contributed by atoms with Gasteiger partial charge in [-0.05, 0) is 34.5 Å². The van der Waals surface area contributed by atoms with Crippen molar-refractivity contribution >= 4 is 31.9 Å². The lowest BCUT2D eigenvalue weighted by atomic mass is 10.2. The lowest BCUT2D eigenvalue weighted by Gasteiger charge is -2.18. The lowest BCUT2D eigenvalue weighted by Crippen LogP contribution is -2.28. The summed E-state index contributed by atoms with van der Waals surface area (Å²) in [5, 5.41) is 4.94. The van der Waals surface area contributed by atoms with Crippen molar-refractivity contribution in [3.63, 3.8) is 0 Å². The second kappa shape index (κ2) is 7.33. The van der Waals surface area contributed by atoms with Gasteiger partial charge in [0.05, 0.1) is 5.56 Å². The summed E-state index contributed by atoms with van der Waals surface area (Å²) in [5.74, 6) is -1.38. The predicted molar refractivity (Wildman–Crippen MR) is 82.0 cm³/mol. The number of rotatable bonds is 6. The average molecular weight is 381 g/mol. The van der Waals surface area contributed by atoms with E-state index in [1.807, 2.05) is 0 Å². The monoisotopic (exact) mass is 380 g/mol. The van der Waals surface area contributed by atoms with Gasteiger partial charge in [0.25, 0.3) is 5.91 Å². The highest BCUT2D eigenvalue weighted by Gasteiger charge is 2.22. The standard InChI is InChI=1S/C13H18BrFN2O3S/c1-3-4-5-6-17(2)13(18)9-7-12(21(16,19)20)11(15)8-10(9)14/h7-8H,3-6H2,1-2H3,(H2,16,19,20). The molecule has 0 saturated heterocycles.